The van der Waals surface area contributed by atoms with Gasteiger partial charge in [0.2, 0.25) is 10.0 Å². The van der Waals surface area contributed by atoms with E-state index < -0.39 is 10.0 Å². The molecular weight excluding hydrogens is 274 g/mol. The average molecular weight is 297 g/mol. The van der Waals surface area contributed by atoms with Gasteiger partial charge in [0.1, 0.15) is 10.6 Å². The maximum atomic E-state index is 12.9. The third-order valence-electron chi connectivity index (χ3n) is 3.77. The van der Waals surface area contributed by atoms with Crippen LogP contribution in [0.25, 0.3) is 0 Å². The summed E-state index contributed by atoms with van der Waals surface area (Å²) in [6.07, 6.45) is 1.08. The van der Waals surface area contributed by atoms with Gasteiger partial charge in [0.25, 0.3) is 0 Å². The largest absolute Gasteiger partial charge is 0.495 e. The first-order valence-electron chi connectivity index (χ1n) is 6.99. The Morgan fingerprint density at radius 1 is 1.20 bits per heavy atom. The number of piperidine rings is 1. The molecule has 112 valence electrons. The van der Waals surface area contributed by atoms with Gasteiger partial charge in [-0.3, -0.25) is 0 Å². The van der Waals surface area contributed by atoms with Gasteiger partial charge in [-0.15, -0.1) is 0 Å². The molecule has 20 heavy (non-hydrogen) atoms. The van der Waals surface area contributed by atoms with Crippen LogP contribution in [-0.4, -0.2) is 32.9 Å². The fourth-order valence-corrected chi connectivity index (χ4v) is 4.85. The molecule has 1 aliphatic rings. The van der Waals surface area contributed by atoms with Crippen molar-refractivity contribution in [1.82, 2.24) is 4.31 Å². The van der Waals surface area contributed by atoms with E-state index in [1.807, 2.05) is 13.0 Å². The summed E-state index contributed by atoms with van der Waals surface area (Å²) >= 11 is 0. The highest BCUT2D eigenvalue weighted by molar-refractivity contribution is 7.89. The van der Waals surface area contributed by atoms with Crippen LogP contribution in [0, 0.1) is 18.8 Å². The standard InChI is InChI=1S/C15H23NO3S/c1-11-5-6-14(19-4)15(8-11)20(17,18)16-9-12(2)7-13(3)10-16/h5-6,8,12-13H,7,9-10H2,1-4H3. The van der Waals surface area contributed by atoms with Crippen molar-refractivity contribution in [2.24, 2.45) is 11.8 Å². The van der Waals surface area contributed by atoms with Crippen LogP contribution in [0.4, 0.5) is 0 Å². The van der Waals surface area contributed by atoms with Crippen LogP contribution in [0.3, 0.4) is 0 Å². The van der Waals surface area contributed by atoms with E-state index in [2.05, 4.69) is 13.8 Å². The molecule has 5 heteroatoms. The maximum Gasteiger partial charge on any atom is 0.246 e. The zero-order valence-electron chi connectivity index (χ0n) is 12.6. The van der Waals surface area contributed by atoms with Crippen molar-refractivity contribution in [2.75, 3.05) is 20.2 Å². The van der Waals surface area contributed by atoms with Gasteiger partial charge in [0.15, 0.2) is 0 Å². The topological polar surface area (TPSA) is 46.6 Å². The molecule has 0 amide bonds. The zero-order valence-corrected chi connectivity index (χ0v) is 13.4. The van der Waals surface area contributed by atoms with Gasteiger partial charge in [-0.2, -0.15) is 4.31 Å². The molecule has 0 spiro atoms. The van der Waals surface area contributed by atoms with E-state index in [1.54, 1.807) is 16.4 Å². The molecule has 0 saturated carbocycles. The van der Waals surface area contributed by atoms with Crippen LogP contribution >= 0.6 is 0 Å². The van der Waals surface area contributed by atoms with Crippen LogP contribution in [0.2, 0.25) is 0 Å². The van der Waals surface area contributed by atoms with Crippen LogP contribution in [0.1, 0.15) is 25.8 Å². The smallest absolute Gasteiger partial charge is 0.246 e. The minimum Gasteiger partial charge on any atom is -0.495 e. The maximum absolute atomic E-state index is 12.9. The Bertz CT molecular complexity index is 573. The number of rotatable bonds is 3. The molecule has 0 aliphatic carbocycles. The van der Waals surface area contributed by atoms with E-state index in [1.165, 1.54) is 7.11 Å². The molecule has 2 rings (SSSR count). The van der Waals surface area contributed by atoms with Crippen molar-refractivity contribution in [2.45, 2.75) is 32.1 Å². The van der Waals surface area contributed by atoms with Gasteiger partial charge in [0.05, 0.1) is 7.11 Å². The van der Waals surface area contributed by atoms with Gasteiger partial charge in [0, 0.05) is 13.1 Å². The Hall–Kier alpha value is -1.07. The highest BCUT2D eigenvalue weighted by Crippen LogP contribution is 2.31. The number of benzene rings is 1. The highest BCUT2D eigenvalue weighted by Gasteiger charge is 2.33. The molecular formula is C15H23NO3S. The third kappa shape index (κ3) is 2.99. The van der Waals surface area contributed by atoms with Crippen molar-refractivity contribution >= 4 is 10.0 Å². The van der Waals surface area contributed by atoms with E-state index in [0.717, 1.165) is 12.0 Å². The third-order valence-corrected chi connectivity index (χ3v) is 5.63. The highest BCUT2D eigenvalue weighted by atomic mass is 32.2. The molecule has 1 aliphatic heterocycles. The van der Waals surface area contributed by atoms with E-state index in [9.17, 15) is 8.42 Å². The normalized spacial score (nSPS) is 24.6. The zero-order chi connectivity index (χ0) is 14.9. The van der Waals surface area contributed by atoms with Gasteiger partial charge in [-0.25, -0.2) is 8.42 Å². The quantitative estimate of drug-likeness (QED) is 0.861. The molecule has 1 aromatic carbocycles. The summed E-state index contributed by atoms with van der Waals surface area (Å²) in [7, 11) is -1.98. The SMILES string of the molecule is COc1ccc(C)cc1S(=O)(=O)N1CC(C)CC(C)C1. The number of ether oxygens (including phenoxy) is 1. The van der Waals surface area contributed by atoms with Crippen molar-refractivity contribution in [3.8, 4) is 5.75 Å². The molecule has 1 aromatic rings. The Kier molecular flexibility index (Phi) is 4.39. The first-order valence-corrected chi connectivity index (χ1v) is 8.43. The molecule has 0 radical (unpaired) electrons. The average Bonchev–Trinajstić information content (AvgIpc) is 2.37. The first-order chi connectivity index (χ1) is 9.34. The fourth-order valence-electron chi connectivity index (χ4n) is 2.93. The van der Waals surface area contributed by atoms with E-state index >= 15 is 0 Å². The summed E-state index contributed by atoms with van der Waals surface area (Å²) in [5.74, 6) is 1.20. The van der Waals surface area contributed by atoms with Crippen molar-refractivity contribution in [3.63, 3.8) is 0 Å². The van der Waals surface area contributed by atoms with E-state index in [-0.39, 0.29) is 4.90 Å². The number of aryl methyl sites for hydroxylation is 1. The summed E-state index contributed by atoms with van der Waals surface area (Å²) in [5.41, 5.74) is 0.919. The second-order valence-electron chi connectivity index (χ2n) is 5.92. The molecule has 0 N–H and O–H groups in total. The monoisotopic (exact) mass is 297 g/mol. The summed E-state index contributed by atoms with van der Waals surface area (Å²) in [4.78, 5) is 0.279. The van der Waals surface area contributed by atoms with Crippen LogP contribution in [0.5, 0.6) is 5.75 Å². The summed E-state index contributed by atoms with van der Waals surface area (Å²) in [6.45, 7) is 7.27. The molecule has 0 aromatic heterocycles. The number of sulfonamides is 1. The Balaban J connectivity index is 2.42. The summed E-state index contributed by atoms with van der Waals surface area (Å²) < 4.78 is 32.5. The number of hydrogen-bond donors (Lipinski definition) is 0. The predicted molar refractivity (Wildman–Crippen MR) is 79.4 cm³/mol. The van der Waals surface area contributed by atoms with Crippen molar-refractivity contribution < 1.29 is 13.2 Å². The van der Waals surface area contributed by atoms with Gasteiger partial charge >= 0.3 is 0 Å². The lowest BCUT2D eigenvalue weighted by Gasteiger charge is -2.34. The van der Waals surface area contributed by atoms with Crippen molar-refractivity contribution in [3.05, 3.63) is 23.8 Å². The molecule has 1 heterocycles. The molecule has 0 bridgehead atoms. The lowest BCUT2D eigenvalue weighted by atomic mass is 9.94. The Labute approximate surface area is 121 Å². The molecule has 2 unspecified atom stereocenters. The van der Waals surface area contributed by atoms with E-state index in [4.69, 9.17) is 4.74 Å². The second kappa shape index (κ2) is 5.74. The molecule has 1 saturated heterocycles. The number of hydrogen-bond acceptors (Lipinski definition) is 3. The molecule has 1 fully saturated rings. The lowest BCUT2D eigenvalue weighted by molar-refractivity contribution is 0.222. The van der Waals surface area contributed by atoms with Crippen LogP contribution < -0.4 is 4.74 Å². The second-order valence-corrected chi connectivity index (χ2v) is 7.83. The predicted octanol–water partition coefficient (Wildman–Crippen LogP) is 2.67. The number of methoxy groups -OCH3 is 1. The van der Waals surface area contributed by atoms with Crippen molar-refractivity contribution in [1.29, 1.82) is 0 Å². The Morgan fingerprint density at radius 2 is 1.80 bits per heavy atom. The minimum absolute atomic E-state index is 0.279. The van der Waals surface area contributed by atoms with Crippen LogP contribution in [-0.2, 0) is 10.0 Å². The van der Waals surface area contributed by atoms with Gasteiger partial charge in [-0.1, -0.05) is 19.9 Å². The van der Waals surface area contributed by atoms with Gasteiger partial charge in [-0.05, 0) is 42.9 Å². The summed E-state index contributed by atoms with van der Waals surface area (Å²) in [6, 6.07) is 5.27. The lowest BCUT2D eigenvalue weighted by Crippen LogP contribution is -2.42. The van der Waals surface area contributed by atoms with Crippen LogP contribution in [0.15, 0.2) is 23.1 Å². The number of nitrogens with zero attached hydrogens (tertiary/aromatic N) is 1. The summed E-state index contributed by atoms with van der Waals surface area (Å²) in [5, 5.41) is 0. The Morgan fingerprint density at radius 3 is 2.35 bits per heavy atom. The fraction of sp³-hybridized carbons (Fsp3) is 0.600. The minimum atomic E-state index is -3.48. The van der Waals surface area contributed by atoms with E-state index in [0.29, 0.717) is 30.7 Å². The molecule has 2 atom stereocenters. The first kappa shape index (κ1) is 15.3. The molecule has 4 nitrogen and oxygen atoms in total. The van der Waals surface area contributed by atoms with Gasteiger partial charge < -0.3 is 4.74 Å².